The fraction of sp³-hybridized carbons (Fsp3) is 0.438. The monoisotopic (exact) mass is 318 g/mol. The van der Waals surface area contributed by atoms with E-state index in [0.717, 1.165) is 31.4 Å². The van der Waals surface area contributed by atoms with Gasteiger partial charge in [-0.15, -0.1) is 5.10 Å². The van der Waals surface area contributed by atoms with E-state index in [4.69, 9.17) is 4.42 Å². The Morgan fingerprint density at radius 1 is 1.30 bits per heavy atom. The first-order valence-electron chi connectivity index (χ1n) is 7.79. The predicted molar refractivity (Wildman–Crippen MR) is 85.5 cm³/mol. The molecule has 0 radical (unpaired) electrons. The Balaban J connectivity index is 2.04. The van der Waals surface area contributed by atoms with Gasteiger partial charge in [-0.1, -0.05) is 49.5 Å². The number of para-hydroxylation sites is 1. The van der Waals surface area contributed by atoms with E-state index < -0.39 is 0 Å². The number of unbranched alkanes of at least 4 members (excludes halogenated alkanes) is 2. The molecule has 0 aliphatic rings. The van der Waals surface area contributed by atoms with Gasteiger partial charge in [0.15, 0.2) is 0 Å². The van der Waals surface area contributed by atoms with Crippen molar-refractivity contribution < 1.29 is 14.4 Å². The van der Waals surface area contributed by atoms with Crippen LogP contribution in [0.4, 0.5) is 11.7 Å². The Bertz CT molecular complexity index is 588. The van der Waals surface area contributed by atoms with E-state index in [9.17, 15) is 10.0 Å². The van der Waals surface area contributed by atoms with Crippen molar-refractivity contribution in [2.45, 2.75) is 38.5 Å². The molecule has 1 aromatic carbocycles. The van der Waals surface area contributed by atoms with Gasteiger partial charge in [-0.05, 0) is 18.6 Å². The summed E-state index contributed by atoms with van der Waals surface area (Å²) in [5.74, 6) is 0.232. The minimum atomic E-state index is -0.185. The smallest absolute Gasteiger partial charge is 0.320 e. The van der Waals surface area contributed by atoms with Crippen molar-refractivity contribution in [1.29, 1.82) is 0 Å². The van der Waals surface area contributed by atoms with Gasteiger partial charge in [0, 0.05) is 5.69 Å². The summed E-state index contributed by atoms with van der Waals surface area (Å²) in [6.45, 7) is 2.26. The molecular formula is C16H22N4O3. The number of benzene rings is 1. The second-order valence-electron chi connectivity index (χ2n) is 5.36. The van der Waals surface area contributed by atoms with Crippen LogP contribution in [0.15, 0.2) is 34.7 Å². The molecule has 7 heteroatoms. The summed E-state index contributed by atoms with van der Waals surface area (Å²) < 4.78 is 5.64. The third kappa shape index (κ3) is 5.37. The maximum atomic E-state index is 10.6. The lowest BCUT2D eigenvalue weighted by Gasteiger charge is -2.16. The zero-order valence-corrected chi connectivity index (χ0v) is 13.2. The highest BCUT2D eigenvalue weighted by molar-refractivity contribution is 5.51. The molecule has 2 rings (SSSR count). The number of carbonyl (C=O) groups is 1. The number of hydroxylamine groups is 2. The van der Waals surface area contributed by atoms with Crippen molar-refractivity contribution in [3.63, 3.8) is 0 Å². The number of amides is 1. The summed E-state index contributed by atoms with van der Waals surface area (Å²) >= 11 is 0. The Morgan fingerprint density at radius 2 is 2.09 bits per heavy atom. The minimum Gasteiger partial charge on any atom is -0.408 e. The highest BCUT2D eigenvalue weighted by atomic mass is 16.5. The molecule has 1 aromatic heterocycles. The first kappa shape index (κ1) is 17.0. The molecule has 23 heavy (non-hydrogen) atoms. The topological polar surface area (TPSA) is 91.5 Å². The second-order valence-corrected chi connectivity index (χ2v) is 5.36. The van der Waals surface area contributed by atoms with Gasteiger partial charge in [0.05, 0.1) is 12.5 Å². The molecule has 0 unspecified atom stereocenters. The molecule has 0 spiro atoms. The first-order chi connectivity index (χ1) is 11.2. The molecule has 0 fully saturated rings. The van der Waals surface area contributed by atoms with Crippen LogP contribution in [0.5, 0.6) is 0 Å². The lowest BCUT2D eigenvalue weighted by molar-refractivity contribution is -0.151. The van der Waals surface area contributed by atoms with Gasteiger partial charge in [-0.25, -0.2) is 5.06 Å². The zero-order valence-electron chi connectivity index (χ0n) is 13.2. The lowest BCUT2D eigenvalue weighted by Crippen LogP contribution is -2.24. The van der Waals surface area contributed by atoms with Crippen LogP contribution in [0, 0.1) is 0 Å². The lowest BCUT2D eigenvalue weighted by atomic mass is 10.0. The van der Waals surface area contributed by atoms with E-state index in [0.29, 0.717) is 23.4 Å². The molecule has 1 heterocycles. The zero-order chi connectivity index (χ0) is 16.5. The standard InChI is InChI=1S/C16H22N4O3/c1-2-3-5-8-13(11-20(22)12-21)15-18-19-16(23-15)17-14-9-6-4-7-10-14/h4,6-7,9-10,12-13,22H,2-3,5,8,11H2,1H3,(H,17,19)/t13-/m1/s1. The van der Waals surface area contributed by atoms with E-state index in [1.807, 2.05) is 30.3 Å². The van der Waals surface area contributed by atoms with E-state index in [1.54, 1.807) is 0 Å². The average molecular weight is 318 g/mol. The number of rotatable bonds is 10. The van der Waals surface area contributed by atoms with Crippen LogP contribution in [-0.4, -0.2) is 33.4 Å². The number of nitrogens with zero attached hydrogens (tertiary/aromatic N) is 3. The number of nitrogens with one attached hydrogen (secondary N) is 1. The van der Waals surface area contributed by atoms with Gasteiger partial charge in [0.1, 0.15) is 0 Å². The molecule has 1 atom stereocenters. The highest BCUT2D eigenvalue weighted by Crippen LogP contribution is 2.24. The third-order valence-corrected chi connectivity index (χ3v) is 3.50. The molecule has 0 saturated carbocycles. The van der Waals surface area contributed by atoms with Crippen molar-refractivity contribution in [1.82, 2.24) is 15.3 Å². The SMILES string of the molecule is CCCCC[C@H](CN(O)C=O)c1nnc(Nc2ccccc2)o1. The van der Waals surface area contributed by atoms with Gasteiger partial charge in [0.2, 0.25) is 12.3 Å². The normalized spacial score (nSPS) is 11.9. The number of carbonyl (C=O) groups excluding carboxylic acids is 1. The molecule has 1 amide bonds. The Labute approximate surface area is 135 Å². The summed E-state index contributed by atoms with van der Waals surface area (Å²) in [5, 5.41) is 21.1. The second kappa shape index (κ2) is 8.89. The van der Waals surface area contributed by atoms with Crippen molar-refractivity contribution in [3.05, 3.63) is 36.2 Å². The molecule has 0 aliphatic heterocycles. The van der Waals surface area contributed by atoms with E-state index in [2.05, 4.69) is 22.4 Å². The van der Waals surface area contributed by atoms with Crippen LogP contribution in [0.3, 0.4) is 0 Å². The minimum absolute atomic E-state index is 0.139. The molecule has 0 saturated heterocycles. The van der Waals surface area contributed by atoms with Crippen LogP contribution in [0.25, 0.3) is 0 Å². The number of anilines is 2. The molecular weight excluding hydrogens is 296 g/mol. The van der Waals surface area contributed by atoms with Crippen molar-refractivity contribution in [2.24, 2.45) is 0 Å². The largest absolute Gasteiger partial charge is 0.408 e. The van der Waals surface area contributed by atoms with Crippen molar-refractivity contribution in [3.8, 4) is 0 Å². The fourth-order valence-corrected chi connectivity index (χ4v) is 2.30. The Hall–Kier alpha value is -2.41. The quantitative estimate of drug-likeness (QED) is 0.302. The molecule has 2 N–H and O–H groups in total. The van der Waals surface area contributed by atoms with Crippen LogP contribution < -0.4 is 5.32 Å². The van der Waals surface area contributed by atoms with Crippen LogP contribution in [-0.2, 0) is 4.79 Å². The summed E-state index contributed by atoms with van der Waals surface area (Å²) in [7, 11) is 0. The average Bonchev–Trinajstić information content (AvgIpc) is 3.03. The summed E-state index contributed by atoms with van der Waals surface area (Å²) in [5.41, 5.74) is 0.849. The van der Waals surface area contributed by atoms with Gasteiger partial charge >= 0.3 is 6.01 Å². The van der Waals surface area contributed by atoms with Crippen LogP contribution >= 0.6 is 0 Å². The molecule has 0 aliphatic carbocycles. The van der Waals surface area contributed by atoms with E-state index >= 15 is 0 Å². The van der Waals surface area contributed by atoms with Gasteiger partial charge in [-0.3, -0.25) is 10.0 Å². The van der Waals surface area contributed by atoms with Gasteiger partial charge < -0.3 is 9.73 Å². The Morgan fingerprint density at radius 3 is 2.78 bits per heavy atom. The summed E-state index contributed by atoms with van der Waals surface area (Å²) in [6, 6.07) is 9.81. The first-order valence-corrected chi connectivity index (χ1v) is 7.79. The van der Waals surface area contributed by atoms with Crippen molar-refractivity contribution >= 4 is 18.1 Å². The molecule has 0 bridgehead atoms. The maximum absolute atomic E-state index is 10.6. The molecule has 7 nitrogen and oxygen atoms in total. The van der Waals surface area contributed by atoms with Crippen LogP contribution in [0.1, 0.15) is 44.4 Å². The van der Waals surface area contributed by atoms with E-state index in [-0.39, 0.29) is 12.5 Å². The predicted octanol–water partition coefficient (Wildman–Crippen LogP) is 3.32. The number of hydrogen-bond donors (Lipinski definition) is 2. The summed E-state index contributed by atoms with van der Waals surface area (Å²) in [6.07, 6.45) is 4.29. The summed E-state index contributed by atoms with van der Waals surface area (Å²) in [4.78, 5) is 10.6. The molecule has 2 aromatic rings. The van der Waals surface area contributed by atoms with E-state index in [1.165, 1.54) is 0 Å². The molecule has 124 valence electrons. The third-order valence-electron chi connectivity index (χ3n) is 3.50. The van der Waals surface area contributed by atoms with Gasteiger partial charge in [0.25, 0.3) is 0 Å². The fourth-order valence-electron chi connectivity index (χ4n) is 2.30. The number of aromatic nitrogens is 2. The maximum Gasteiger partial charge on any atom is 0.320 e. The van der Waals surface area contributed by atoms with Crippen molar-refractivity contribution in [2.75, 3.05) is 11.9 Å². The number of hydrogen-bond acceptors (Lipinski definition) is 6. The van der Waals surface area contributed by atoms with Gasteiger partial charge in [-0.2, -0.15) is 0 Å². The highest BCUT2D eigenvalue weighted by Gasteiger charge is 2.21. The van der Waals surface area contributed by atoms with Crippen LogP contribution in [0.2, 0.25) is 0 Å². The Kier molecular flexibility index (Phi) is 6.56.